The molecular formula is C15H10ClFO4. The molecule has 0 radical (unpaired) electrons. The first-order valence-corrected chi connectivity index (χ1v) is 6.22. The minimum Gasteiger partial charge on any atom is -0.478 e. The number of hydrogen-bond acceptors (Lipinski definition) is 3. The number of esters is 1. The summed E-state index contributed by atoms with van der Waals surface area (Å²) in [5, 5.41) is 9.12. The fraction of sp³-hybridized carbons (Fsp3) is 0.0667. The van der Waals surface area contributed by atoms with E-state index in [2.05, 4.69) is 4.74 Å². The van der Waals surface area contributed by atoms with Crippen molar-refractivity contribution in [3.05, 3.63) is 58.4 Å². The van der Waals surface area contributed by atoms with Gasteiger partial charge in [0.15, 0.2) is 0 Å². The van der Waals surface area contributed by atoms with Gasteiger partial charge in [-0.15, -0.1) is 0 Å². The van der Waals surface area contributed by atoms with Crippen molar-refractivity contribution in [3.63, 3.8) is 0 Å². The molecule has 0 saturated heterocycles. The highest BCUT2D eigenvalue weighted by Gasteiger charge is 2.13. The monoisotopic (exact) mass is 308 g/mol. The molecule has 0 bridgehead atoms. The Balaban J connectivity index is 2.56. The van der Waals surface area contributed by atoms with Crippen LogP contribution in [0.1, 0.15) is 20.7 Å². The van der Waals surface area contributed by atoms with Crippen molar-refractivity contribution in [1.82, 2.24) is 0 Å². The van der Waals surface area contributed by atoms with Crippen LogP contribution in [0, 0.1) is 5.82 Å². The molecule has 1 N–H and O–H groups in total. The summed E-state index contributed by atoms with van der Waals surface area (Å²) in [6.07, 6.45) is 0. The lowest BCUT2D eigenvalue weighted by molar-refractivity contribution is 0.0599. The average Bonchev–Trinajstić information content (AvgIpc) is 2.45. The fourth-order valence-corrected chi connectivity index (χ4v) is 2.06. The van der Waals surface area contributed by atoms with Gasteiger partial charge < -0.3 is 9.84 Å². The van der Waals surface area contributed by atoms with Crippen LogP contribution in [0.5, 0.6) is 0 Å². The van der Waals surface area contributed by atoms with Crippen molar-refractivity contribution in [2.24, 2.45) is 0 Å². The van der Waals surface area contributed by atoms with Crippen molar-refractivity contribution in [2.45, 2.75) is 0 Å². The molecule has 0 aliphatic carbocycles. The Hall–Kier alpha value is -2.40. The third-order valence-electron chi connectivity index (χ3n) is 2.85. The number of rotatable bonds is 3. The molecule has 0 atom stereocenters. The summed E-state index contributed by atoms with van der Waals surface area (Å²) >= 11 is 5.79. The third-order valence-corrected chi connectivity index (χ3v) is 3.18. The predicted molar refractivity (Wildman–Crippen MR) is 75.1 cm³/mol. The van der Waals surface area contributed by atoms with Gasteiger partial charge in [-0.1, -0.05) is 17.7 Å². The van der Waals surface area contributed by atoms with E-state index in [0.717, 1.165) is 6.07 Å². The lowest BCUT2D eigenvalue weighted by Gasteiger charge is -2.07. The molecule has 0 amide bonds. The Bertz CT molecular complexity index is 728. The number of ether oxygens (including phenoxy) is 1. The zero-order chi connectivity index (χ0) is 15.6. The molecule has 0 unspecified atom stereocenters. The van der Waals surface area contributed by atoms with Crippen LogP contribution in [0.15, 0.2) is 36.4 Å². The van der Waals surface area contributed by atoms with Gasteiger partial charge in [0, 0.05) is 0 Å². The predicted octanol–water partition coefficient (Wildman–Crippen LogP) is 3.63. The number of aromatic carboxylic acids is 1. The summed E-state index contributed by atoms with van der Waals surface area (Å²) in [6.45, 7) is 0. The van der Waals surface area contributed by atoms with Crippen LogP contribution < -0.4 is 0 Å². The molecule has 0 aliphatic rings. The molecule has 0 spiro atoms. The first-order chi connectivity index (χ1) is 9.92. The van der Waals surface area contributed by atoms with Crippen LogP contribution in [0.3, 0.4) is 0 Å². The summed E-state index contributed by atoms with van der Waals surface area (Å²) in [5.74, 6) is -2.49. The first-order valence-electron chi connectivity index (χ1n) is 5.84. The Morgan fingerprint density at radius 1 is 1.14 bits per heavy atom. The molecule has 2 rings (SSSR count). The molecule has 0 aliphatic heterocycles. The van der Waals surface area contributed by atoms with E-state index in [0.29, 0.717) is 11.1 Å². The third kappa shape index (κ3) is 3.20. The van der Waals surface area contributed by atoms with Gasteiger partial charge in [-0.05, 0) is 41.5 Å². The standard InChI is InChI=1S/C15H10ClFO4/c1-21-15(20)10-4-9(5-11(17)6-10)8-2-3-13(16)12(7-8)14(18)19/h2-7H,1H3,(H,18,19). The van der Waals surface area contributed by atoms with Gasteiger partial charge in [0.1, 0.15) is 5.82 Å². The first kappa shape index (κ1) is 15.0. The SMILES string of the molecule is COC(=O)c1cc(F)cc(-c2ccc(Cl)c(C(=O)O)c2)c1. The number of hydrogen-bond donors (Lipinski definition) is 1. The second kappa shape index (κ2) is 5.93. The van der Waals surface area contributed by atoms with Crippen molar-refractivity contribution in [3.8, 4) is 11.1 Å². The Morgan fingerprint density at radius 2 is 1.86 bits per heavy atom. The van der Waals surface area contributed by atoms with E-state index in [1.807, 2.05) is 0 Å². The minimum atomic E-state index is -1.19. The van der Waals surface area contributed by atoms with Crippen LogP contribution in [-0.4, -0.2) is 24.2 Å². The number of methoxy groups -OCH3 is 1. The maximum absolute atomic E-state index is 13.6. The van der Waals surface area contributed by atoms with Crippen molar-refractivity contribution in [2.75, 3.05) is 7.11 Å². The summed E-state index contributed by atoms with van der Waals surface area (Å²) in [4.78, 5) is 22.5. The molecule has 0 heterocycles. The van der Waals surface area contributed by atoms with Gasteiger partial charge in [0.25, 0.3) is 0 Å². The summed E-state index contributed by atoms with van der Waals surface area (Å²) in [5.41, 5.74) is 0.730. The van der Waals surface area contributed by atoms with E-state index in [9.17, 15) is 14.0 Å². The van der Waals surface area contributed by atoms with E-state index >= 15 is 0 Å². The maximum Gasteiger partial charge on any atom is 0.337 e. The zero-order valence-corrected chi connectivity index (χ0v) is 11.6. The van der Waals surface area contributed by atoms with Crippen LogP contribution in [0.4, 0.5) is 4.39 Å². The van der Waals surface area contributed by atoms with Crippen LogP contribution in [0.25, 0.3) is 11.1 Å². The second-order valence-corrected chi connectivity index (χ2v) is 4.63. The Morgan fingerprint density at radius 3 is 2.48 bits per heavy atom. The van der Waals surface area contributed by atoms with Gasteiger partial charge in [-0.25, -0.2) is 14.0 Å². The lowest BCUT2D eigenvalue weighted by atomic mass is 10.0. The highest BCUT2D eigenvalue weighted by Crippen LogP contribution is 2.27. The molecule has 4 nitrogen and oxygen atoms in total. The summed E-state index contributed by atoms with van der Waals surface area (Å²) < 4.78 is 18.1. The van der Waals surface area contributed by atoms with Crippen molar-refractivity contribution < 1.29 is 23.8 Å². The average molecular weight is 309 g/mol. The zero-order valence-electron chi connectivity index (χ0n) is 10.9. The van der Waals surface area contributed by atoms with Crippen LogP contribution in [-0.2, 0) is 4.74 Å². The van der Waals surface area contributed by atoms with Crippen LogP contribution in [0.2, 0.25) is 5.02 Å². The van der Waals surface area contributed by atoms with Crippen molar-refractivity contribution in [1.29, 1.82) is 0 Å². The number of carboxylic acids is 1. The number of halogens is 2. The molecular weight excluding hydrogens is 299 g/mol. The normalized spacial score (nSPS) is 10.2. The Kier molecular flexibility index (Phi) is 4.23. The lowest BCUT2D eigenvalue weighted by Crippen LogP contribution is -2.02. The number of carboxylic acid groups (broad SMARTS) is 1. The molecule has 0 aromatic heterocycles. The molecule has 2 aromatic carbocycles. The molecule has 21 heavy (non-hydrogen) atoms. The smallest absolute Gasteiger partial charge is 0.337 e. The number of carbonyl (C=O) groups is 2. The number of carbonyl (C=O) groups excluding carboxylic acids is 1. The Labute approximate surface area is 124 Å². The minimum absolute atomic E-state index is 0.0410. The van der Waals surface area contributed by atoms with E-state index in [1.54, 1.807) is 6.07 Å². The highest BCUT2D eigenvalue weighted by atomic mass is 35.5. The quantitative estimate of drug-likeness (QED) is 0.879. The summed E-state index contributed by atoms with van der Waals surface area (Å²) in [7, 11) is 1.19. The van der Waals surface area contributed by atoms with E-state index in [1.165, 1.54) is 31.4 Å². The van der Waals surface area contributed by atoms with Gasteiger partial charge in [-0.3, -0.25) is 0 Å². The van der Waals surface area contributed by atoms with Gasteiger partial charge in [0.2, 0.25) is 0 Å². The molecule has 0 saturated carbocycles. The molecule has 0 fully saturated rings. The fourth-order valence-electron chi connectivity index (χ4n) is 1.86. The maximum atomic E-state index is 13.6. The topological polar surface area (TPSA) is 63.6 Å². The highest BCUT2D eigenvalue weighted by molar-refractivity contribution is 6.33. The van der Waals surface area contributed by atoms with Gasteiger partial charge in [0.05, 0.1) is 23.3 Å². The van der Waals surface area contributed by atoms with E-state index < -0.39 is 17.8 Å². The second-order valence-electron chi connectivity index (χ2n) is 4.22. The van der Waals surface area contributed by atoms with E-state index in [4.69, 9.17) is 16.7 Å². The summed E-state index contributed by atoms with van der Waals surface area (Å²) in [6, 6.07) is 7.93. The molecule has 108 valence electrons. The van der Waals surface area contributed by atoms with Gasteiger partial charge >= 0.3 is 11.9 Å². The van der Waals surface area contributed by atoms with E-state index in [-0.39, 0.29) is 16.1 Å². The van der Waals surface area contributed by atoms with Crippen LogP contribution >= 0.6 is 11.6 Å². The molecule has 6 heteroatoms. The van der Waals surface area contributed by atoms with Crippen molar-refractivity contribution >= 4 is 23.5 Å². The largest absolute Gasteiger partial charge is 0.478 e. The van der Waals surface area contributed by atoms with Gasteiger partial charge in [-0.2, -0.15) is 0 Å². The molecule has 2 aromatic rings. The number of benzene rings is 2.